The van der Waals surface area contributed by atoms with Crippen molar-refractivity contribution in [3.63, 3.8) is 0 Å². The van der Waals surface area contributed by atoms with Gasteiger partial charge < -0.3 is 14.4 Å². The number of aromatic nitrogens is 3. The standard InChI is InChI=1S/C24H33N5O3S/c1-17-25-21-13-20(7-8-22(21)33-17)31-16-19(30)14-28-9-11-29(12-10-28)15-23-26-24(27-32-23)18-5-3-2-4-6-18/h7-8,13,18-19,30H,2-6,9-12,14-16H2,1H3/t19-/m1/s1. The van der Waals surface area contributed by atoms with Crippen molar-refractivity contribution in [2.45, 2.75) is 57.6 Å². The van der Waals surface area contributed by atoms with Gasteiger partial charge in [-0.05, 0) is 31.9 Å². The first-order valence-electron chi connectivity index (χ1n) is 12.1. The fourth-order valence-electron chi connectivity index (χ4n) is 4.84. The van der Waals surface area contributed by atoms with E-state index in [2.05, 4.69) is 24.9 Å². The van der Waals surface area contributed by atoms with Crippen LogP contribution in [0.2, 0.25) is 0 Å². The van der Waals surface area contributed by atoms with Crippen molar-refractivity contribution in [3.05, 3.63) is 34.9 Å². The van der Waals surface area contributed by atoms with E-state index >= 15 is 0 Å². The third kappa shape index (κ3) is 5.90. The topological polar surface area (TPSA) is 87.8 Å². The molecule has 0 amide bonds. The normalized spacial score (nSPS) is 19.8. The molecule has 0 bridgehead atoms. The lowest BCUT2D eigenvalue weighted by Gasteiger charge is -2.34. The van der Waals surface area contributed by atoms with Crippen LogP contribution in [0.5, 0.6) is 5.75 Å². The zero-order valence-corrected chi connectivity index (χ0v) is 20.1. The summed E-state index contributed by atoms with van der Waals surface area (Å²) >= 11 is 1.68. The minimum absolute atomic E-state index is 0.279. The lowest BCUT2D eigenvalue weighted by atomic mass is 9.89. The molecule has 9 heteroatoms. The Morgan fingerprint density at radius 1 is 1.12 bits per heavy atom. The summed E-state index contributed by atoms with van der Waals surface area (Å²) in [6.07, 6.45) is 5.71. The van der Waals surface area contributed by atoms with Crippen molar-refractivity contribution >= 4 is 21.6 Å². The molecule has 5 rings (SSSR count). The van der Waals surface area contributed by atoms with Crippen molar-refractivity contribution in [3.8, 4) is 5.75 Å². The highest BCUT2D eigenvalue weighted by Crippen LogP contribution is 2.31. The molecule has 1 aliphatic heterocycles. The second-order valence-corrected chi connectivity index (χ2v) is 10.5. The zero-order valence-electron chi connectivity index (χ0n) is 19.3. The molecule has 1 aliphatic carbocycles. The zero-order chi connectivity index (χ0) is 22.6. The molecular formula is C24H33N5O3S. The van der Waals surface area contributed by atoms with E-state index in [1.165, 1.54) is 32.1 Å². The average Bonchev–Trinajstić information content (AvgIpc) is 3.45. The molecule has 1 aromatic carbocycles. The number of nitrogens with zero attached hydrogens (tertiary/aromatic N) is 5. The van der Waals surface area contributed by atoms with Crippen molar-refractivity contribution in [2.75, 3.05) is 39.3 Å². The summed E-state index contributed by atoms with van der Waals surface area (Å²) < 4.78 is 12.5. The van der Waals surface area contributed by atoms with E-state index in [1.54, 1.807) is 11.3 Å². The van der Waals surface area contributed by atoms with Gasteiger partial charge in [0.1, 0.15) is 18.5 Å². The summed E-state index contributed by atoms with van der Waals surface area (Å²) in [5.74, 6) is 2.86. The largest absolute Gasteiger partial charge is 0.491 e. The number of aliphatic hydroxyl groups excluding tert-OH is 1. The first-order chi connectivity index (χ1) is 16.1. The molecule has 1 saturated carbocycles. The molecule has 2 fully saturated rings. The highest BCUT2D eigenvalue weighted by molar-refractivity contribution is 7.18. The van der Waals surface area contributed by atoms with Crippen LogP contribution < -0.4 is 4.74 Å². The third-order valence-electron chi connectivity index (χ3n) is 6.66. The smallest absolute Gasteiger partial charge is 0.240 e. The predicted octanol–water partition coefficient (Wildman–Crippen LogP) is 3.59. The Labute approximate surface area is 198 Å². The van der Waals surface area contributed by atoms with Gasteiger partial charge in [0.2, 0.25) is 5.89 Å². The van der Waals surface area contributed by atoms with Gasteiger partial charge in [-0.25, -0.2) is 4.98 Å². The van der Waals surface area contributed by atoms with Crippen LogP contribution in [0.25, 0.3) is 10.2 Å². The summed E-state index contributed by atoms with van der Waals surface area (Å²) in [4.78, 5) is 13.8. The monoisotopic (exact) mass is 471 g/mol. The van der Waals surface area contributed by atoms with Gasteiger partial charge in [0.05, 0.1) is 21.8 Å². The summed E-state index contributed by atoms with van der Waals surface area (Å²) in [6.45, 7) is 7.26. The number of hydrogen-bond donors (Lipinski definition) is 1. The number of ether oxygens (including phenoxy) is 1. The molecule has 3 aromatic rings. The maximum Gasteiger partial charge on any atom is 0.240 e. The van der Waals surface area contributed by atoms with Crippen LogP contribution in [-0.4, -0.2) is 75.5 Å². The number of rotatable bonds is 8. The molecule has 0 spiro atoms. The number of β-amino-alcohol motifs (C(OH)–C–C–N with tert-alkyl or cyclic N) is 1. The van der Waals surface area contributed by atoms with Crippen LogP contribution in [0.15, 0.2) is 22.7 Å². The molecule has 33 heavy (non-hydrogen) atoms. The van der Waals surface area contributed by atoms with Gasteiger partial charge in [0.15, 0.2) is 5.82 Å². The van der Waals surface area contributed by atoms with Gasteiger partial charge in [-0.15, -0.1) is 11.3 Å². The summed E-state index contributed by atoms with van der Waals surface area (Å²) in [5, 5.41) is 15.8. The van der Waals surface area contributed by atoms with E-state index in [0.717, 1.165) is 58.9 Å². The van der Waals surface area contributed by atoms with Crippen molar-refractivity contribution in [1.82, 2.24) is 24.9 Å². The van der Waals surface area contributed by atoms with Gasteiger partial charge in [0, 0.05) is 44.7 Å². The van der Waals surface area contributed by atoms with Crippen LogP contribution in [-0.2, 0) is 6.54 Å². The molecule has 0 unspecified atom stereocenters. The van der Waals surface area contributed by atoms with Crippen LogP contribution in [0.1, 0.15) is 54.7 Å². The maximum atomic E-state index is 10.5. The van der Waals surface area contributed by atoms with Crippen LogP contribution >= 0.6 is 11.3 Å². The Bertz CT molecular complexity index is 1040. The Balaban J connectivity index is 1.03. The molecular weight excluding hydrogens is 438 g/mol. The molecule has 2 aliphatic rings. The van der Waals surface area contributed by atoms with E-state index in [-0.39, 0.29) is 6.61 Å². The number of fused-ring (bicyclic) bond motifs is 1. The number of thiazole rings is 1. The van der Waals surface area contributed by atoms with E-state index in [1.807, 2.05) is 25.1 Å². The van der Waals surface area contributed by atoms with Crippen LogP contribution in [0, 0.1) is 6.92 Å². The Morgan fingerprint density at radius 3 is 2.73 bits per heavy atom. The second-order valence-electron chi connectivity index (χ2n) is 9.29. The number of aryl methyl sites for hydroxylation is 1. The van der Waals surface area contributed by atoms with Crippen molar-refractivity contribution < 1.29 is 14.4 Å². The average molecular weight is 472 g/mol. The highest BCUT2D eigenvalue weighted by Gasteiger charge is 2.24. The molecule has 1 saturated heterocycles. The van der Waals surface area contributed by atoms with Gasteiger partial charge in [-0.3, -0.25) is 9.80 Å². The quantitative estimate of drug-likeness (QED) is 0.533. The van der Waals surface area contributed by atoms with E-state index in [4.69, 9.17) is 9.26 Å². The van der Waals surface area contributed by atoms with Crippen molar-refractivity contribution in [2.24, 2.45) is 0 Å². The second kappa shape index (κ2) is 10.5. The van der Waals surface area contributed by atoms with Crippen molar-refractivity contribution in [1.29, 1.82) is 0 Å². The summed E-state index contributed by atoms with van der Waals surface area (Å²) in [5.41, 5.74) is 0.952. The minimum Gasteiger partial charge on any atom is -0.491 e. The number of piperazine rings is 1. The molecule has 2 aromatic heterocycles. The fraction of sp³-hybridized carbons (Fsp3) is 0.625. The van der Waals surface area contributed by atoms with E-state index < -0.39 is 6.10 Å². The first-order valence-corrected chi connectivity index (χ1v) is 12.9. The number of benzene rings is 1. The highest BCUT2D eigenvalue weighted by atomic mass is 32.1. The van der Waals surface area contributed by atoms with Gasteiger partial charge in [0.25, 0.3) is 0 Å². The lowest BCUT2D eigenvalue weighted by molar-refractivity contribution is 0.0426. The summed E-state index contributed by atoms with van der Waals surface area (Å²) in [6, 6.07) is 5.92. The minimum atomic E-state index is -0.529. The molecule has 3 heterocycles. The third-order valence-corrected chi connectivity index (χ3v) is 7.61. The SMILES string of the molecule is Cc1nc2cc(OC[C@H](O)CN3CCN(Cc4nc(C5CCCCC5)no4)CC3)ccc2s1. The fourth-order valence-corrected chi connectivity index (χ4v) is 5.64. The Hall–Kier alpha value is -2.07. The molecule has 0 radical (unpaired) electrons. The lowest BCUT2D eigenvalue weighted by Crippen LogP contribution is -2.48. The molecule has 8 nitrogen and oxygen atoms in total. The van der Waals surface area contributed by atoms with Crippen LogP contribution in [0.3, 0.4) is 0 Å². The predicted molar refractivity (Wildman–Crippen MR) is 128 cm³/mol. The summed E-state index contributed by atoms with van der Waals surface area (Å²) in [7, 11) is 0. The van der Waals surface area contributed by atoms with Gasteiger partial charge >= 0.3 is 0 Å². The maximum absolute atomic E-state index is 10.5. The molecule has 1 N–H and O–H groups in total. The first kappa shape index (κ1) is 22.7. The molecule has 1 atom stereocenters. The van der Waals surface area contributed by atoms with E-state index in [0.29, 0.717) is 19.0 Å². The van der Waals surface area contributed by atoms with Gasteiger partial charge in [-0.2, -0.15) is 4.98 Å². The Kier molecular flexibility index (Phi) is 7.20. The number of aliphatic hydroxyl groups is 1. The molecule has 178 valence electrons. The van der Waals surface area contributed by atoms with E-state index in [9.17, 15) is 5.11 Å². The van der Waals surface area contributed by atoms with Crippen LogP contribution in [0.4, 0.5) is 0 Å². The van der Waals surface area contributed by atoms with Gasteiger partial charge in [-0.1, -0.05) is 24.4 Å². The Morgan fingerprint density at radius 2 is 1.91 bits per heavy atom. The number of hydrogen-bond acceptors (Lipinski definition) is 9.